The third-order valence-corrected chi connectivity index (χ3v) is 6.07. The molecule has 25 heavy (non-hydrogen) atoms. The number of aromatic nitrogens is 1. The lowest BCUT2D eigenvalue weighted by molar-refractivity contribution is 0.0828. The van der Waals surface area contributed by atoms with Crippen LogP contribution in [0.15, 0.2) is 35.0 Å². The molecule has 1 amide bonds. The Morgan fingerprint density at radius 1 is 1.12 bits per heavy atom. The Balaban J connectivity index is 1.51. The van der Waals surface area contributed by atoms with Gasteiger partial charge in [0, 0.05) is 30.5 Å². The maximum Gasteiger partial charge on any atom is 0.254 e. The number of rotatable bonds is 4. The molecule has 0 atom stereocenters. The number of benzene rings is 1. The summed E-state index contributed by atoms with van der Waals surface area (Å²) in [6.45, 7) is 0. The summed E-state index contributed by atoms with van der Waals surface area (Å²) < 4.78 is 0. The number of hydrogen-bond acceptors (Lipinski definition) is 5. The number of thiophene rings is 1. The fourth-order valence-electron chi connectivity index (χ4n) is 3.06. The SMILES string of the molecule is CN(C)C(=O)c1csc(-c2csc(Nc3ccc4c(c3)CCC4)n2)c1. The predicted molar refractivity (Wildman–Crippen MR) is 105 cm³/mol. The molecule has 1 N–H and O–H groups in total. The summed E-state index contributed by atoms with van der Waals surface area (Å²) in [5, 5.41) is 8.21. The molecule has 0 saturated carbocycles. The highest BCUT2D eigenvalue weighted by Crippen LogP contribution is 2.32. The van der Waals surface area contributed by atoms with Crippen LogP contribution in [0.4, 0.5) is 10.8 Å². The Kier molecular flexibility index (Phi) is 4.31. The van der Waals surface area contributed by atoms with Crippen molar-refractivity contribution < 1.29 is 4.79 Å². The molecule has 128 valence electrons. The number of hydrogen-bond donors (Lipinski definition) is 1. The second-order valence-corrected chi connectivity index (χ2v) is 8.17. The molecule has 0 saturated heterocycles. The molecule has 0 bridgehead atoms. The molecule has 0 spiro atoms. The summed E-state index contributed by atoms with van der Waals surface area (Å²) >= 11 is 3.14. The average Bonchev–Trinajstić information content (AvgIpc) is 3.33. The minimum absolute atomic E-state index is 0.0224. The lowest BCUT2D eigenvalue weighted by Gasteiger charge is -2.07. The third kappa shape index (κ3) is 3.32. The number of carbonyl (C=O) groups excluding carboxylic acids is 1. The zero-order chi connectivity index (χ0) is 17.4. The number of fused-ring (bicyclic) bond motifs is 1. The zero-order valence-corrected chi connectivity index (χ0v) is 15.8. The maximum atomic E-state index is 12.0. The van der Waals surface area contributed by atoms with Crippen molar-refractivity contribution in [1.82, 2.24) is 9.88 Å². The number of nitrogens with one attached hydrogen (secondary N) is 1. The van der Waals surface area contributed by atoms with E-state index in [-0.39, 0.29) is 5.91 Å². The maximum absolute atomic E-state index is 12.0. The highest BCUT2D eigenvalue weighted by molar-refractivity contribution is 7.16. The minimum atomic E-state index is 0.0224. The van der Waals surface area contributed by atoms with Gasteiger partial charge in [0.15, 0.2) is 5.13 Å². The monoisotopic (exact) mass is 369 g/mol. The Labute approximate surface area is 155 Å². The van der Waals surface area contributed by atoms with Crippen LogP contribution >= 0.6 is 22.7 Å². The summed E-state index contributed by atoms with van der Waals surface area (Å²) in [6, 6.07) is 8.51. The van der Waals surface area contributed by atoms with Gasteiger partial charge in [0.05, 0.1) is 16.1 Å². The standard InChI is InChI=1S/C19H19N3OS2/c1-22(2)18(23)14-9-17(24-10-14)16-11-25-19(21-16)20-15-7-6-12-4-3-5-13(12)8-15/h6-11H,3-5H2,1-2H3,(H,20,21). The lowest BCUT2D eigenvalue weighted by Crippen LogP contribution is -2.20. The Morgan fingerprint density at radius 3 is 2.80 bits per heavy atom. The van der Waals surface area contributed by atoms with E-state index < -0.39 is 0 Å². The molecule has 2 heterocycles. The fourth-order valence-corrected chi connectivity index (χ4v) is 4.71. The second-order valence-electron chi connectivity index (χ2n) is 6.40. The van der Waals surface area contributed by atoms with E-state index in [0.29, 0.717) is 5.56 Å². The molecule has 4 nitrogen and oxygen atoms in total. The van der Waals surface area contributed by atoms with E-state index in [2.05, 4.69) is 28.5 Å². The second kappa shape index (κ2) is 6.61. The van der Waals surface area contributed by atoms with E-state index in [1.165, 1.54) is 30.4 Å². The van der Waals surface area contributed by atoms with Crippen LogP contribution in [0.2, 0.25) is 0 Å². The van der Waals surface area contributed by atoms with Crippen molar-refractivity contribution in [2.75, 3.05) is 19.4 Å². The van der Waals surface area contributed by atoms with Crippen molar-refractivity contribution in [2.45, 2.75) is 19.3 Å². The normalized spacial score (nSPS) is 12.9. The van der Waals surface area contributed by atoms with E-state index in [1.807, 2.05) is 16.8 Å². The molecular weight excluding hydrogens is 350 g/mol. The van der Waals surface area contributed by atoms with Gasteiger partial charge in [-0.25, -0.2) is 4.98 Å². The fraction of sp³-hybridized carbons (Fsp3) is 0.263. The number of aryl methyl sites for hydroxylation is 2. The van der Waals surface area contributed by atoms with Gasteiger partial charge in [-0.15, -0.1) is 22.7 Å². The van der Waals surface area contributed by atoms with Crippen LogP contribution in [0.1, 0.15) is 27.9 Å². The summed E-state index contributed by atoms with van der Waals surface area (Å²) in [6.07, 6.45) is 3.63. The average molecular weight is 370 g/mol. The Hall–Kier alpha value is -2.18. The van der Waals surface area contributed by atoms with E-state index in [0.717, 1.165) is 21.4 Å². The molecule has 0 radical (unpaired) electrons. The zero-order valence-electron chi connectivity index (χ0n) is 14.2. The topological polar surface area (TPSA) is 45.2 Å². The van der Waals surface area contributed by atoms with Crippen molar-refractivity contribution in [3.05, 3.63) is 51.7 Å². The highest BCUT2D eigenvalue weighted by Gasteiger charge is 2.14. The number of amides is 1. The van der Waals surface area contributed by atoms with E-state index in [1.54, 1.807) is 41.7 Å². The van der Waals surface area contributed by atoms with Gasteiger partial charge in [0.1, 0.15) is 0 Å². The first kappa shape index (κ1) is 16.3. The largest absolute Gasteiger partial charge is 0.345 e. The van der Waals surface area contributed by atoms with E-state index in [9.17, 15) is 4.79 Å². The molecule has 1 aliphatic rings. The number of anilines is 2. The molecular formula is C19H19N3OS2. The first-order chi connectivity index (χ1) is 12.1. The van der Waals surface area contributed by atoms with Gasteiger partial charge in [-0.05, 0) is 48.6 Å². The minimum Gasteiger partial charge on any atom is -0.345 e. The van der Waals surface area contributed by atoms with Crippen molar-refractivity contribution in [1.29, 1.82) is 0 Å². The molecule has 2 aromatic heterocycles. The quantitative estimate of drug-likeness (QED) is 0.718. The summed E-state index contributed by atoms with van der Waals surface area (Å²) in [4.78, 5) is 19.3. The number of nitrogens with zero attached hydrogens (tertiary/aromatic N) is 2. The summed E-state index contributed by atoms with van der Waals surface area (Å²) in [7, 11) is 3.53. The summed E-state index contributed by atoms with van der Waals surface area (Å²) in [5.41, 5.74) is 5.65. The number of thiazole rings is 1. The number of carbonyl (C=O) groups is 1. The van der Waals surface area contributed by atoms with Gasteiger partial charge in [0.2, 0.25) is 0 Å². The first-order valence-corrected chi connectivity index (χ1v) is 10.0. The molecule has 1 aliphatic carbocycles. The lowest BCUT2D eigenvalue weighted by atomic mass is 10.1. The molecule has 0 aliphatic heterocycles. The molecule has 3 aromatic rings. The highest BCUT2D eigenvalue weighted by atomic mass is 32.1. The molecule has 4 rings (SSSR count). The Bertz CT molecular complexity index is 926. The summed E-state index contributed by atoms with van der Waals surface area (Å²) in [5.74, 6) is 0.0224. The van der Waals surface area contributed by atoms with Crippen molar-refractivity contribution in [3.63, 3.8) is 0 Å². The van der Waals surface area contributed by atoms with Crippen LogP contribution in [0.3, 0.4) is 0 Å². The van der Waals surface area contributed by atoms with Gasteiger partial charge in [-0.2, -0.15) is 0 Å². The van der Waals surface area contributed by atoms with Gasteiger partial charge >= 0.3 is 0 Å². The van der Waals surface area contributed by atoms with Crippen LogP contribution < -0.4 is 5.32 Å². The van der Waals surface area contributed by atoms with Gasteiger partial charge in [-0.3, -0.25) is 4.79 Å². The third-order valence-electron chi connectivity index (χ3n) is 4.36. The first-order valence-electron chi connectivity index (χ1n) is 8.25. The van der Waals surface area contributed by atoms with Crippen LogP contribution in [-0.2, 0) is 12.8 Å². The van der Waals surface area contributed by atoms with Gasteiger partial charge in [-0.1, -0.05) is 6.07 Å². The van der Waals surface area contributed by atoms with Gasteiger partial charge < -0.3 is 10.2 Å². The van der Waals surface area contributed by atoms with E-state index >= 15 is 0 Å². The molecule has 1 aromatic carbocycles. The van der Waals surface area contributed by atoms with Gasteiger partial charge in [0.25, 0.3) is 5.91 Å². The smallest absolute Gasteiger partial charge is 0.254 e. The van der Waals surface area contributed by atoms with Crippen molar-refractivity contribution in [3.8, 4) is 10.6 Å². The molecule has 0 unspecified atom stereocenters. The van der Waals surface area contributed by atoms with Crippen molar-refractivity contribution in [2.24, 2.45) is 0 Å². The van der Waals surface area contributed by atoms with Crippen LogP contribution in [0.25, 0.3) is 10.6 Å². The predicted octanol–water partition coefficient (Wildman–Crippen LogP) is 4.81. The van der Waals surface area contributed by atoms with E-state index in [4.69, 9.17) is 0 Å². The molecule has 6 heteroatoms. The van der Waals surface area contributed by atoms with Crippen LogP contribution in [0, 0.1) is 0 Å². The van der Waals surface area contributed by atoms with Crippen molar-refractivity contribution >= 4 is 39.4 Å². The molecule has 0 fully saturated rings. The Morgan fingerprint density at radius 2 is 1.96 bits per heavy atom. The van der Waals surface area contributed by atoms with Crippen LogP contribution in [0.5, 0.6) is 0 Å². The van der Waals surface area contributed by atoms with Crippen LogP contribution in [-0.4, -0.2) is 29.9 Å².